The fourth-order valence-electron chi connectivity index (χ4n) is 3.09. The maximum Gasteiger partial charge on any atom is 0.319 e. The van der Waals surface area contributed by atoms with Crippen LogP contribution in [0, 0.1) is 0 Å². The summed E-state index contributed by atoms with van der Waals surface area (Å²) in [5.74, 6) is -0.873. The van der Waals surface area contributed by atoms with Crippen LogP contribution in [-0.4, -0.2) is 32.2 Å². The highest BCUT2D eigenvalue weighted by Crippen LogP contribution is 2.37. The molecule has 0 aromatic heterocycles. The van der Waals surface area contributed by atoms with Crippen LogP contribution in [0.4, 0.5) is 5.69 Å². The highest BCUT2D eigenvalue weighted by molar-refractivity contribution is 9.18. The Balaban J connectivity index is 2.05. The Morgan fingerprint density at radius 1 is 1.38 bits per heavy atom. The molecule has 0 spiro atoms. The molecule has 1 heterocycles. The smallest absolute Gasteiger partial charge is 0.319 e. The molecule has 0 saturated heterocycles. The van der Waals surface area contributed by atoms with Gasteiger partial charge in [0, 0.05) is 5.56 Å². The summed E-state index contributed by atoms with van der Waals surface area (Å²) < 4.78 is -0.265. The van der Waals surface area contributed by atoms with Crippen LogP contribution in [0.3, 0.4) is 0 Å². The summed E-state index contributed by atoms with van der Waals surface area (Å²) in [7, 11) is 0. The van der Waals surface area contributed by atoms with Crippen LogP contribution in [0.1, 0.15) is 43.9 Å². The third-order valence-corrected chi connectivity index (χ3v) is 6.15. The number of rotatable bonds is 4. The molecule has 0 unspecified atom stereocenters. The molecule has 0 bridgehead atoms. The highest BCUT2D eigenvalue weighted by Gasteiger charge is 2.34. The summed E-state index contributed by atoms with van der Waals surface area (Å²) in [4.78, 5) is 13.6. The van der Waals surface area contributed by atoms with Crippen LogP contribution in [0.25, 0.3) is 6.08 Å². The van der Waals surface area contributed by atoms with Crippen molar-refractivity contribution in [2.75, 3.05) is 11.4 Å². The quantitative estimate of drug-likeness (QED) is 0.744. The van der Waals surface area contributed by atoms with E-state index in [9.17, 15) is 9.90 Å². The minimum atomic E-state index is -0.990. The van der Waals surface area contributed by atoms with Gasteiger partial charge >= 0.3 is 5.97 Å². The van der Waals surface area contributed by atoms with E-state index in [-0.39, 0.29) is 0 Å². The number of amidine groups is 1. The van der Waals surface area contributed by atoms with Crippen LogP contribution >= 0.6 is 27.7 Å². The molecule has 3 rings (SSSR count). The van der Waals surface area contributed by atoms with Gasteiger partial charge in [0.05, 0.1) is 12.2 Å². The molecule has 7 heteroatoms. The van der Waals surface area contributed by atoms with Crippen molar-refractivity contribution in [1.82, 2.24) is 0 Å². The predicted octanol–water partition coefficient (Wildman–Crippen LogP) is 4.69. The van der Waals surface area contributed by atoms with Gasteiger partial charge in [-0.15, -0.1) is 10.2 Å². The first-order valence-electron chi connectivity index (χ1n) is 8.64. The molecule has 0 amide bonds. The van der Waals surface area contributed by atoms with Crippen molar-refractivity contribution in [1.29, 1.82) is 0 Å². The number of benzene rings is 1. The van der Waals surface area contributed by atoms with E-state index in [1.165, 1.54) is 28.5 Å². The van der Waals surface area contributed by atoms with Crippen LogP contribution < -0.4 is 4.90 Å². The summed E-state index contributed by atoms with van der Waals surface area (Å²) in [5, 5.41) is 18.5. The second kappa shape index (κ2) is 7.56. The number of hydrogen-bond donors (Lipinski definition) is 1. The van der Waals surface area contributed by atoms with Crippen molar-refractivity contribution in [3.05, 3.63) is 34.9 Å². The Hall–Kier alpha value is -1.60. The zero-order chi connectivity index (χ0) is 18.9. The van der Waals surface area contributed by atoms with E-state index in [0.717, 1.165) is 29.6 Å². The monoisotopic (exact) mass is 435 g/mol. The van der Waals surface area contributed by atoms with Crippen LogP contribution in [-0.2, 0) is 17.6 Å². The molecule has 1 aromatic carbocycles. The minimum absolute atomic E-state index is 0.535. The van der Waals surface area contributed by atoms with Crippen LogP contribution in [0.2, 0.25) is 0 Å². The van der Waals surface area contributed by atoms with Crippen LogP contribution in [0.5, 0.6) is 0 Å². The number of allylic oxidation sites excluding steroid dienone is 1. The molecule has 2 aliphatic rings. The molecule has 1 aromatic rings. The lowest BCUT2D eigenvalue weighted by Crippen LogP contribution is -2.40. The molecule has 5 nitrogen and oxygen atoms in total. The summed E-state index contributed by atoms with van der Waals surface area (Å²) >= 11 is 4.66. The van der Waals surface area contributed by atoms with Gasteiger partial charge in [0.15, 0.2) is 5.17 Å². The van der Waals surface area contributed by atoms with Gasteiger partial charge in [0.1, 0.15) is 9.37 Å². The number of carbonyl (C=O) groups is 1. The molecule has 1 aliphatic carbocycles. The molecule has 0 atom stereocenters. The van der Waals surface area contributed by atoms with Crippen molar-refractivity contribution in [2.24, 2.45) is 10.2 Å². The van der Waals surface area contributed by atoms with E-state index >= 15 is 0 Å². The first-order valence-corrected chi connectivity index (χ1v) is 10.3. The topological polar surface area (TPSA) is 65.3 Å². The maximum atomic E-state index is 11.6. The number of fused-ring (bicyclic) bond motifs is 1. The van der Waals surface area contributed by atoms with E-state index < -0.39 is 10.7 Å². The predicted molar refractivity (Wildman–Crippen MR) is 114 cm³/mol. The van der Waals surface area contributed by atoms with Gasteiger partial charge < -0.3 is 10.0 Å². The number of thioether (sulfide) groups is 1. The van der Waals surface area contributed by atoms with Crippen LogP contribution in [0.15, 0.2) is 28.4 Å². The lowest BCUT2D eigenvalue weighted by molar-refractivity contribution is -0.138. The van der Waals surface area contributed by atoms with Gasteiger partial charge in [-0.3, -0.25) is 4.79 Å². The number of carboxylic acid groups (broad SMARTS) is 1. The Morgan fingerprint density at radius 2 is 2.15 bits per heavy atom. The SMILES string of the molecule is CCc1ccc(N2CC(Br)=NN=C2SC(C)(C)C(=O)O)c2c1CCC=C2. The van der Waals surface area contributed by atoms with Crippen molar-refractivity contribution >= 4 is 55.2 Å². The van der Waals surface area contributed by atoms with E-state index in [1.807, 2.05) is 0 Å². The molecule has 0 radical (unpaired) electrons. The maximum absolute atomic E-state index is 11.6. The number of nitrogens with zero attached hydrogens (tertiary/aromatic N) is 3. The Bertz CT molecular complexity index is 830. The normalized spacial score (nSPS) is 16.8. The van der Waals surface area contributed by atoms with E-state index in [4.69, 9.17) is 0 Å². The van der Waals surface area contributed by atoms with Crippen molar-refractivity contribution < 1.29 is 9.90 Å². The van der Waals surface area contributed by atoms with E-state index in [2.05, 4.69) is 62.2 Å². The average Bonchev–Trinajstić information content (AvgIpc) is 2.62. The van der Waals surface area contributed by atoms with Gasteiger partial charge in [0.25, 0.3) is 0 Å². The van der Waals surface area contributed by atoms with Crippen molar-refractivity contribution in [2.45, 2.75) is 44.8 Å². The van der Waals surface area contributed by atoms with Gasteiger partial charge in [-0.1, -0.05) is 36.9 Å². The molecule has 1 aliphatic heterocycles. The summed E-state index contributed by atoms with van der Waals surface area (Å²) in [5.41, 5.74) is 5.01. The van der Waals surface area contributed by atoms with Gasteiger partial charge in [-0.05, 0) is 66.2 Å². The Labute approximate surface area is 166 Å². The summed E-state index contributed by atoms with van der Waals surface area (Å²) in [6.45, 7) is 6.08. The highest BCUT2D eigenvalue weighted by atomic mass is 79.9. The molecule has 0 saturated carbocycles. The number of halogens is 1. The van der Waals surface area contributed by atoms with Gasteiger partial charge in [0.2, 0.25) is 0 Å². The van der Waals surface area contributed by atoms with Crippen molar-refractivity contribution in [3.63, 3.8) is 0 Å². The molecule has 0 fully saturated rings. The zero-order valence-corrected chi connectivity index (χ0v) is 17.5. The lowest BCUT2D eigenvalue weighted by atomic mass is 9.90. The first-order chi connectivity index (χ1) is 12.3. The van der Waals surface area contributed by atoms with E-state index in [0.29, 0.717) is 11.7 Å². The second-order valence-corrected chi connectivity index (χ2v) is 9.30. The number of aliphatic carboxylic acids is 1. The second-order valence-electron chi connectivity index (χ2n) is 6.79. The molecular formula is C19H22BrN3O2S. The van der Waals surface area contributed by atoms with E-state index in [1.54, 1.807) is 13.8 Å². The molecule has 26 heavy (non-hydrogen) atoms. The summed E-state index contributed by atoms with van der Waals surface area (Å²) in [6.07, 6.45) is 7.47. The zero-order valence-electron chi connectivity index (χ0n) is 15.1. The Morgan fingerprint density at radius 3 is 2.85 bits per heavy atom. The first kappa shape index (κ1) is 19.2. The fourth-order valence-corrected chi connectivity index (χ4v) is 4.32. The number of aryl methyl sites for hydroxylation is 1. The third-order valence-electron chi connectivity index (χ3n) is 4.57. The molecular weight excluding hydrogens is 414 g/mol. The third kappa shape index (κ3) is 3.74. The average molecular weight is 436 g/mol. The minimum Gasteiger partial charge on any atom is -0.480 e. The standard InChI is InChI=1S/C19H22BrN3O2S/c1-4-12-9-10-15(14-8-6-5-7-13(12)14)23-11-16(20)21-22-18(23)26-19(2,3)17(24)25/h6,8-10H,4-5,7,11H2,1-3H3,(H,24,25). The summed E-state index contributed by atoms with van der Waals surface area (Å²) in [6, 6.07) is 4.29. The number of anilines is 1. The fraction of sp³-hybridized carbons (Fsp3) is 0.421. The van der Waals surface area contributed by atoms with Gasteiger partial charge in [-0.25, -0.2) is 0 Å². The van der Waals surface area contributed by atoms with Gasteiger partial charge in [-0.2, -0.15) is 0 Å². The largest absolute Gasteiger partial charge is 0.480 e. The number of hydrogen-bond acceptors (Lipinski definition) is 5. The molecule has 1 N–H and O–H groups in total. The van der Waals surface area contributed by atoms with Crippen molar-refractivity contribution in [3.8, 4) is 0 Å². The lowest BCUT2D eigenvalue weighted by Gasteiger charge is -2.32. The molecule has 138 valence electrons. The Kier molecular flexibility index (Phi) is 5.58. The number of carboxylic acids is 1.